The minimum atomic E-state index is 1.11. The maximum Gasteiger partial charge on any atom is 0.0547 e. The second-order valence-electron chi connectivity index (χ2n) is 13.8. The zero-order valence-electron chi connectivity index (χ0n) is 29.7. The van der Waals surface area contributed by atoms with E-state index >= 15 is 0 Å². The zero-order chi connectivity index (χ0) is 35.8. The third-order valence-electron chi connectivity index (χ3n) is 10.6. The van der Waals surface area contributed by atoms with Crippen LogP contribution in [-0.4, -0.2) is 4.57 Å². The molecule has 10 rings (SSSR count). The SMILES string of the molecule is c1ccc(-c2ccc(N(c3ccccc3)c3ccc(-c4ccc(-n5c6ccccc6c6c7c(-c8ccccc8)cccc7ccc65)cc4)cc3)cc2)cc1. The lowest BCUT2D eigenvalue weighted by molar-refractivity contribution is 1.18. The van der Waals surface area contributed by atoms with Gasteiger partial charge < -0.3 is 9.47 Å². The molecule has 2 heteroatoms. The minimum Gasteiger partial charge on any atom is -0.311 e. The fourth-order valence-corrected chi connectivity index (χ4v) is 8.04. The zero-order valence-corrected chi connectivity index (χ0v) is 29.7. The van der Waals surface area contributed by atoms with E-state index in [2.05, 4.69) is 228 Å². The molecule has 0 spiro atoms. The molecule has 0 saturated carbocycles. The van der Waals surface area contributed by atoms with Crippen molar-refractivity contribution in [2.24, 2.45) is 0 Å². The number of benzene rings is 9. The molecule has 1 aromatic heterocycles. The van der Waals surface area contributed by atoms with E-state index in [0.717, 1.165) is 22.7 Å². The lowest BCUT2D eigenvalue weighted by Crippen LogP contribution is -2.09. The minimum absolute atomic E-state index is 1.11. The summed E-state index contributed by atoms with van der Waals surface area (Å²) in [5.74, 6) is 0. The van der Waals surface area contributed by atoms with Gasteiger partial charge in [-0.2, -0.15) is 0 Å². The summed E-state index contributed by atoms with van der Waals surface area (Å²) in [6.45, 7) is 0. The van der Waals surface area contributed by atoms with E-state index in [-0.39, 0.29) is 0 Å². The van der Waals surface area contributed by atoms with E-state index in [4.69, 9.17) is 0 Å². The van der Waals surface area contributed by atoms with Gasteiger partial charge in [0.25, 0.3) is 0 Å². The van der Waals surface area contributed by atoms with Crippen LogP contribution in [0.2, 0.25) is 0 Å². The second-order valence-corrected chi connectivity index (χ2v) is 13.8. The van der Waals surface area contributed by atoms with Gasteiger partial charge in [0.05, 0.1) is 11.0 Å². The number of hydrogen-bond donors (Lipinski definition) is 0. The van der Waals surface area contributed by atoms with Crippen LogP contribution in [0.4, 0.5) is 17.1 Å². The van der Waals surface area contributed by atoms with Crippen LogP contribution in [-0.2, 0) is 0 Å². The smallest absolute Gasteiger partial charge is 0.0547 e. The first kappa shape index (κ1) is 31.6. The van der Waals surface area contributed by atoms with Crippen LogP contribution in [0.1, 0.15) is 0 Å². The molecule has 0 fully saturated rings. The number of fused-ring (bicyclic) bond motifs is 5. The molecule has 2 nitrogen and oxygen atoms in total. The van der Waals surface area contributed by atoms with Crippen LogP contribution >= 0.6 is 0 Å². The molecule has 1 heterocycles. The maximum absolute atomic E-state index is 2.42. The first-order valence-corrected chi connectivity index (χ1v) is 18.5. The molecule has 0 aliphatic rings. The fraction of sp³-hybridized carbons (Fsp3) is 0. The number of rotatable bonds is 7. The van der Waals surface area contributed by atoms with Gasteiger partial charge in [-0.05, 0) is 105 Å². The van der Waals surface area contributed by atoms with Crippen LogP contribution in [0.3, 0.4) is 0 Å². The van der Waals surface area contributed by atoms with E-state index in [9.17, 15) is 0 Å². The van der Waals surface area contributed by atoms with Gasteiger partial charge >= 0.3 is 0 Å². The predicted octanol–water partition coefficient (Wildman–Crippen LogP) is 14.4. The average Bonchev–Trinajstić information content (AvgIpc) is 3.60. The molecule has 0 atom stereocenters. The summed E-state index contributed by atoms with van der Waals surface area (Å²) < 4.78 is 2.42. The third-order valence-corrected chi connectivity index (χ3v) is 10.6. The molecule has 254 valence electrons. The molecule has 10 aromatic rings. The Labute approximate surface area is 315 Å². The summed E-state index contributed by atoms with van der Waals surface area (Å²) in [6, 6.07) is 78.6. The summed E-state index contributed by atoms with van der Waals surface area (Å²) >= 11 is 0. The van der Waals surface area contributed by atoms with Gasteiger partial charge in [0.1, 0.15) is 0 Å². The van der Waals surface area contributed by atoms with Crippen molar-refractivity contribution >= 4 is 49.6 Å². The monoisotopic (exact) mass is 688 g/mol. The van der Waals surface area contributed by atoms with Gasteiger partial charge in [0.2, 0.25) is 0 Å². The van der Waals surface area contributed by atoms with Crippen LogP contribution in [0.5, 0.6) is 0 Å². The van der Waals surface area contributed by atoms with Crippen molar-refractivity contribution in [3.63, 3.8) is 0 Å². The van der Waals surface area contributed by atoms with Gasteiger partial charge in [-0.25, -0.2) is 0 Å². The van der Waals surface area contributed by atoms with Crippen molar-refractivity contribution in [3.05, 3.63) is 218 Å². The van der Waals surface area contributed by atoms with Crippen LogP contribution < -0.4 is 4.90 Å². The summed E-state index contributed by atoms with van der Waals surface area (Å²) in [5, 5.41) is 5.10. The van der Waals surface area contributed by atoms with E-state index in [1.807, 2.05) is 0 Å². The Balaban J connectivity index is 1.01. The fourth-order valence-electron chi connectivity index (χ4n) is 8.04. The second kappa shape index (κ2) is 13.4. The van der Waals surface area contributed by atoms with Crippen molar-refractivity contribution in [1.29, 1.82) is 0 Å². The third kappa shape index (κ3) is 5.53. The Kier molecular flexibility index (Phi) is 7.85. The highest BCUT2D eigenvalue weighted by atomic mass is 15.1. The number of nitrogens with zero attached hydrogens (tertiary/aromatic N) is 2. The maximum atomic E-state index is 2.42. The summed E-state index contributed by atoms with van der Waals surface area (Å²) in [4.78, 5) is 2.32. The Morgan fingerprint density at radius 2 is 0.796 bits per heavy atom. The molecule has 0 N–H and O–H groups in total. The Bertz CT molecular complexity index is 2870. The lowest BCUT2D eigenvalue weighted by Gasteiger charge is -2.26. The molecule has 54 heavy (non-hydrogen) atoms. The molecular weight excluding hydrogens is 653 g/mol. The quantitative estimate of drug-likeness (QED) is 0.162. The topological polar surface area (TPSA) is 8.17 Å². The Morgan fingerprint density at radius 1 is 0.296 bits per heavy atom. The number of anilines is 3. The van der Waals surface area contributed by atoms with Crippen LogP contribution in [0, 0.1) is 0 Å². The molecule has 0 amide bonds. The van der Waals surface area contributed by atoms with Crippen molar-refractivity contribution < 1.29 is 0 Å². The molecule has 9 aromatic carbocycles. The molecule has 0 aliphatic heterocycles. The summed E-state index contributed by atoms with van der Waals surface area (Å²) in [6.07, 6.45) is 0. The van der Waals surface area contributed by atoms with E-state index < -0.39 is 0 Å². The molecule has 0 bridgehead atoms. The molecule has 0 saturated heterocycles. The highest BCUT2D eigenvalue weighted by Gasteiger charge is 2.18. The van der Waals surface area contributed by atoms with Gasteiger partial charge in [-0.3, -0.25) is 0 Å². The molecule has 0 aliphatic carbocycles. The van der Waals surface area contributed by atoms with Gasteiger partial charge in [0.15, 0.2) is 0 Å². The van der Waals surface area contributed by atoms with Crippen molar-refractivity contribution in [3.8, 4) is 39.1 Å². The van der Waals surface area contributed by atoms with Gasteiger partial charge in [0, 0.05) is 33.5 Å². The van der Waals surface area contributed by atoms with Gasteiger partial charge in [-0.15, -0.1) is 0 Å². The largest absolute Gasteiger partial charge is 0.311 e. The number of aromatic nitrogens is 1. The highest BCUT2D eigenvalue weighted by Crippen LogP contribution is 2.42. The van der Waals surface area contributed by atoms with Crippen molar-refractivity contribution in [2.75, 3.05) is 4.90 Å². The lowest BCUT2D eigenvalue weighted by atomic mass is 9.94. The molecule has 0 unspecified atom stereocenters. The van der Waals surface area contributed by atoms with Crippen molar-refractivity contribution in [1.82, 2.24) is 4.57 Å². The van der Waals surface area contributed by atoms with Gasteiger partial charge in [-0.1, -0.05) is 158 Å². The highest BCUT2D eigenvalue weighted by molar-refractivity contribution is 6.24. The van der Waals surface area contributed by atoms with Crippen molar-refractivity contribution in [2.45, 2.75) is 0 Å². The molecule has 0 radical (unpaired) electrons. The first-order valence-electron chi connectivity index (χ1n) is 18.5. The van der Waals surface area contributed by atoms with E-state index in [1.54, 1.807) is 0 Å². The predicted molar refractivity (Wildman–Crippen MR) is 229 cm³/mol. The summed E-state index contributed by atoms with van der Waals surface area (Å²) in [7, 11) is 0. The average molecular weight is 689 g/mol. The summed E-state index contributed by atoms with van der Waals surface area (Å²) in [5.41, 5.74) is 14.2. The Hall–Kier alpha value is -7.16. The normalized spacial score (nSPS) is 11.3. The Morgan fingerprint density at radius 3 is 1.43 bits per heavy atom. The standard InChI is InChI=1S/C52H36N2/c1-4-13-37(14-5-1)38-23-30-44(31-24-38)53(43-18-8-3-9-19-43)45-32-25-39(26-33-45)40-27-34-46(35-28-40)54-49-22-11-10-20-48(49)52-50(54)36-29-42-17-12-21-47(51(42)52)41-15-6-2-7-16-41/h1-36H. The number of hydrogen-bond acceptors (Lipinski definition) is 1. The number of para-hydroxylation sites is 2. The van der Waals surface area contributed by atoms with E-state index in [0.29, 0.717) is 0 Å². The van der Waals surface area contributed by atoms with Crippen LogP contribution in [0.15, 0.2) is 218 Å². The molecular formula is C52H36N2. The van der Waals surface area contributed by atoms with E-state index in [1.165, 1.54) is 66.0 Å². The first-order chi connectivity index (χ1) is 26.8. The van der Waals surface area contributed by atoms with Crippen LogP contribution in [0.25, 0.3) is 71.6 Å².